The predicted molar refractivity (Wildman–Crippen MR) is 54.4 cm³/mol. The van der Waals surface area contributed by atoms with Gasteiger partial charge in [-0.25, -0.2) is 14.6 Å². The van der Waals surface area contributed by atoms with Gasteiger partial charge < -0.3 is 5.73 Å². The van der Waals surface area contributed by atoms with Crippen molar-refractivity contribution in [3.63, 3.8) is 0 Å². The third-order valence-corrected chi connectivity index (χ3v) is 2.01. The Balaban J connectivity index is 2.26. The first kappa shape index (κ1) is 10.0. The zero-order valence-corrected chi connectivity index (χ0v) is 8.15. The van der Waals surface area contributed by atoms with Crippen LogP contribution in [0.25, 0.3) is 0 Å². The van der Waals surface area contributed by atoms with Crippen LogP contribution in [-0.2, 0) is 6.54 Å². The molecule has 16 heavy (non-hydrogen) atoms. The van der Waals surface area contributed by atoms with Gasteiger partial charge in [-0.3, -0.25) is 10.1 Å². The van der Waals surface area contributed by atoms with Gasteiger partial charge >= 0.3 is 5.69 Å². The van der Waals surface area contributed by atoms with E-state index < -0.39 is 4.92 Å². The third-order valence-electron chi connectivity index (χ3n) is 2.01. The molecule has 0 spiro atoms. The van der Waals surface area contributed by atoms with Crippen molar-refractivity contribution in [1.29, 1.82) is 0 Å². The second-order valence-corrected chi connectivity index (χ2v) is 3.03. The summed E-state index contributed by atoms with van der Waals surface area (Å²) < 4.78 is 1.32. The van der Waals surface area contributed by atoms with Crippen molar-refractivity contribution in [2.75, 3.05) is 5.73 Å². The third kappa shape index (κ3) is 1.80. The standard InChI is InChI=1S/C8H8N6O2/c9-8-7(14(15)16)3-12-13(8)4-6-1-2-10-5-11-6/h1-3,5H,4,9H2. The van der Waals surface area contributed by atoms with E-state index in [1.807, 2.05) is 0 Å². The lowest BCUT2D eigenvalue weighted by Crippen LogP contribution is -2.07. The molecule has 0 unspecified atom stereocenters. The maximum atomic E-state index is 10.5. The summed E-state index contributed by atoms with van der Waals surface area (Å²) in [6, 6.07) is 1.69. The lowest BCUT2D eigenvalue weighted by Gasteiger charge is -2.01. The van der Waals surface area contributed by atoms with E-state index in [0.29, 0.717) is 5.69 Å². The number of aromatic nitrogens is 4. The Morgan fingerprint density at radius 3 is 2.94 bits per heavy atom. The van der Waals surface area contributed by atoms with Gasteiger partial charge in [0.2, 0.25) is 5.82 Å². The van der Waals surface area contributed by atoms with Crippen molar-refractivity contribution >= 4 is 11.5 Å². The average Bonchev–Trinajstić information content (AvgIpc) is 2.62. The van der Waals surface area contributed by atoms with Gasteiger partial charge in [-0.2, -0.15) is 5.10 Å². The molecule has 2 heterocycles. The Morgan fingerprint density at radius 1 is 1.56 bits per heavy atom. The molecule has 0 atom stereocenters. The molecule has 0 aliphatic heterocycles. The Hall–Kier alpha value is -2.51. The highest BCUT2D eigenvalue weighted by atomic mass is 16.6. The fourth-order valence-electron chi connectivity index (χ4n) is 1.22. The van der Waals surface area contributed by atoms with Crippen LogP contribution in [0.3, 0.4) is 0 Å². The van der Waals surface area contributed by atoms with Crippen LogP contribution in [0.1, 0.15) is 5.69 Å². The lowest BCUT2D eigenvalue weighted by molar-refractivity contribution is -0.384. The average molecular weight is 220 g/mol. The summed E-state index contributed by atoms with van der Waals surface area (Å²) in [6.07, 6.45) is 4.09. The van der Waals surface area contributed by atoms with E-state index in [1.54, 1.807) is 12.3 Å². The Labute approximate surface area is 89.9 Å². The fraction of sp³-hybridized carbons (Fsp3) is 0.125. The summed E-state index contributed by atoms with van der Waals surface area (Å²) in [5, 5.41) is 14.4. The van der Waals surface area contributed by atoms with Gasteiger partial charge in [0.05, 0.1) is 17.2 Å². The van der Waals surface area contributed by atoms with Gasteiger partial charge in [-0.15, -0.1) is 0 Å². The zero-order valence-electron chi connectivity index (χ0n) is 8.15. The molecule has 0 aromatic carbocycles. The summed E-state index contributed by atoms with van der Waals surface area (Å²) in [6.45, 7) is 0.280. The SMILES string of the molecule is Nc1c([N+](=O)[O-])cnn1Cc1ccncn1. The van der Waals surface area contributed by atoms with Crippen molar-refractivity contribution in [2.24, 2.45) is 0 Å². The van der Waals surface area contributed by atoms with Gasteiger partial charge in [-0.05, 0) is 6.07 Å². The molecule has 0 aliphatic carbocycles. The van der Waals surface area contributed by atoms with Crippen LogP contribution in [0.15, 0.2) is 24.8 Å². The summed E-state index contributed by atoms with van der Waals surface area (Å²) in [4.78, 5) is 17.7. The molecule has 2 rings (SSSR count). The smallest absolute Gasteiger partial charge is 0.330 e. The van der Waals surface area contributed by atoms with E-state index in [-0.39, 0.29) is 18.1 Å². The minimum absolute atomic E-state index is 0.0172. The number of anilines is 1. The van der Waals surface area contributed by atoms with E-state index in [4.69, 9.17) is 5.73 Å². The maximum Gasteiger partial charge on any atom is 0.330 e. The molecule has 2 aromatic heterocycles. The van der Waals surface area contributed by atoms with Crippen LogP contribution < -0.4 is 5.73 Å². The van der Waals surface area contributed by atoms with Gasteiger partial charge in [0.15, 0.2) is 0 Å². The Kier molecular flexibility index (Phi) is 2.46. The first-order chi connectivity index (χ1) is 7.68. The molecule has 0 saturated heterocycles. The van der Waals surface area contributed by atoms with Crippen molar-refractivity contribution < 1.29 is 4.92 Å². The zero-order chi connectivity index (χ0) is 11.5. The molecule has 0 amide bonds. The van der Waals surface area contributed by atoms with E-state index >= 15 is 0 Å². The van der Waals surface area contributed by atoms with E-state index in [1.165, 1.54) is 11.0 Å². The number of nitrogen functional groups attached to an aromatic ring is 1. The highest BCUT2D eigenvalue weighted by Gasteiger charge is 2.17. The minimum atomic E-state index is -0.571. The summed E-state index contributed by atoms with van der Waals surface area (Å²) in [5.74, 6) is 0.0172. The molecule has 0 bridgehead atoms. The Morgan fingerprint density at radius 2 is 2.38 bits per heavy atom. The van der Waals surface area contributed by atoms with Crippen LogP contribution in [0, 0.1) is 10.1 Å². The van der Waals surface area contributed by atoms with Crippen LogP contribution in [0.4, 0.5) is 11.5 Å². The van der Waals surface area contributed by atoms with Crippen molar-refractivity contribution in [3.05, 3.63) is 40.6 Å². The number of nitrogens with two attached hydrogens (primary N) is 1. The van der Waals surface area contributed by atoms with Crippen LogP contribution >= 0.6 is 0 Å². The monoisotopic (exact) mass is 220 g/mol. The minimum Gasteiger partial charge on any atom is -0.378 e. The Bertz CT molecular complexity index is 509. The van der Waals surface area contributed by atoms with Crippen LogP contribution in [0.5, 0.6) is 0 Å². The summed E-state index contributed by atoms with van der Waals surface area (Å²) >= 11 is 0. The first-order valence-corrected chi connectivity index (χ1v) is 4.39. The van der Waals surface area contributed by atoms with Gasteiger partial charge in [0.1, 0.15) is 12.5 Å². The molecule has 0 saturated carbocycles. The molecule has 0 radical (unpaired) electrons. The number of rotatable bonds is 3. The first-order valence-electron chi connectivity index (χ1n) is 4.39. The number of hydrogen-bond acceptors (Lipinski definition) is 6. The number of hydrogen-bond donors (Lipinski definition) is 1. The highest BCUT2D eigenvalue weighted by molar-refractivity contribution is 5.51. The molecule has 8 heteroatoms. The molecular weight excluding hydrogens is 212 g/mol. The summed E-state index contributed by atoms with van der Waals surface area (Å²) in [5.41, 5.74) is 6.05. The number of nitro groups is 1. The molecule has 82 valence electrons. The summed E-state index contributed by atoms with van der Waals surface area (Å²) in [7, 11) is 0. The quantitative estimate of drug-likeness (QED) is 0.584. The van der Waals surface area contributed by atoms with Gasteiger partial charge in [-0.1, -0.05) is 0 Å². The normalized spacial score (nSPS) is 10.2. The molecule has 0 fully saturated rings. The second-order valence-electron chi connectivity index (χ2n) is 3.03. The van der Waals surface area contributed by atoms with Crippen molar-refractivity contribution in [2.45, 2.75) is 6.54 Å². The molecule has 2 aromatic rings. The maximum absolute atomic E-state index is 10.5. The van der Waals surface area contributed by atoms with E-state index in [2.05, 4.69) is 15.1 Å². The van der Waals surface area contributed by atoms with Crippen molar-refractivity contribution in [1.82, 2.24) is 19.7 Å². The van der Waals surface area contributed by atoms with Crippen LogP contribution in [-0.4, -0.2) is 24.7 Å². The van der Waals surface area contributed by atoms with Gasteiger partial charge in [0.25, 0.3) is 0 Å². The fourth-order valence-corrected chi connectivity index (χ4v) is 1.22. The van der Waals surface area contributed by atoms with E-state index in [9.17, 15) is 10.1 Å². The van der Waals surface area contributed by atoms with Crippen molar-refractivity contribution in [3.8, 4) is 0 Å². The topological polar surface area (TPSA) is 113 Å². The number of nitrogens with zero attached hydrogens (tertiary/aromatic N) is 5. The highest BCUT2D eigenvalue weighted by Crippen LogP contribution is 2.20. The molecular formula is C8H8N6O2. The molecule has 2 N–H and O–H groups in total. The van der Waals surface area contributed by atoms with E-state index in [0.717, 1.165) is 6.20 Å². The van der Waals surface area contributed by atoms with Gasteiger partial charge in [0, 0.05) is 6.20 Å². The predicted octanol–water partition coefficient (Wildman–Crippen LogP) is 0.212. The van der Waals surface area contributed by atoms with Crippen LogP contribution in [0.2, 0.25) is 0 Å². The molecule has 8 nitrogen and oxygen atoms in total. The molecule has 0 aliphatic rings. The lowest BCUT2D eigenvalue weighted by atomic mass is 10.4. The second kappa shape index (κ2) is 3.93. The largest absolute Gasteiger partial charge is 0.378 e.